The van der Waals surface area contributed by atoms with Gasteiger partial charge in [-0.2, -0.15) is 0 Å². The zero-order chi connectivity index (χ0) is 12.4. The maximum atomic E-state index is 13.0. The molecule has 1 fully saturated rings. The van der Waals surface area contributed by atoms with Gasteiger partial charge in [0, 0.05) is 32.1 Å². The second-order valence-corrected chi connectivity index (χ2v) is 4.11. The summed E-state index contributed by atoms with van der Waals surface area (Å²) in [5.41, 5.74) is 6.09. The van der Waals surface area contributed by atoms with E-state index in [9.17, 15) is 9.18 Å². The molecular weight excluding hydrogens is 223 g/mol. The van der Waals surface area contributed by atoms with Crippen LogP contribution in [0.15, 0.2) is 18.2 Å². The molecule has 0 aromatic heterocycles. The number of carbonyl (C=O) groups excluding carboxylic acids is 1. The van der Waals surface area contributed by atoms with Crippen molar-refractivity contribution in [2.24, 2.45) is 5.73 Å². The van der Waals surface area contributed by atoms with E-state index in [4.69, 9.17) is 10.5 Å². The number of halogens is 1. The van der Waals surface area contributed by atoms with Crippen LogP contribution in [0.5, 0.6) is 5.75 Å². The molecule has 1 heterocycles. The zero-order valence-corrected chi connectivity index (χ0v) is 9.65. The number of rotatable bonds is 3. The molecule has 0 saturated carbocycles. The number of amides is 1. The minimum Gasteiger partial charge on any atom is -0.480 e. The first-order valence-corrected chi connectivity index (χ1v) is 5.52. The van der Waals surface area contributed by atoms with Crippen molar-refractivity contribution < 1.29 is 13.9 Å². The van der Waals surface area contributed by atoms with E-state index < -0.39 is 6.10 Å². The predicted octanol–water partition coefficient (Wildman–Crippen LogP) is 0.894. The first-order chi connectivity index (χ1) is 8.11. The largest absolute Gasteiger partial charge is 0.480 e. The molecule has 5 heteroatoms. The van der Waals surface area contributed by atoms with Crippen LogP contribution in [0.4, 0.5) is 4.39 Å². The van der Waals surface area contributed by atoms with Crippen molar-refractivity contribution in [1.29, 1.82) is 0 Å². The average molecular weight is 238 g/mol. The van der Waals surface area contributed by atoms with Crippen molar-refractivity contribution >= 4 is 5.91 Å². The lowest BCUT2D eigenvalue weighted by atomic mass is 10.2. The Labute approximate surface area is 99.2 Å². The van der Waals surface area contributed by atoms with Crippen LogP contribution in [0, 0.1) is 5.82 Å². The van der Waals surface area contributed by atoms with E-state index in [0.29, 0.717) is 24.3 Å². The minimum absolute atomic E-state index is 0.0442. The molecule has 2 N–H and O–H groups in total. The third kappa shape index (κ3) is 2.39. The fourth-order valence-corrected chi connectivity index (χ4v) is 1.88. The SMILES string of the molecule is CN1CCC(Oc2ccc(F)cc2CN)C1=O. The maximum absolute atomic E-state index is 13.0. The molecule has 0 spiro atoms. The Kier molecular flexibility index (Phi) is 3.28. The van der Waals surface area contributed by atoms with Crippen LogP contribution in [0.1, 0.15) is 12.0 Å². The van der Waals surface area contributed by atoms with Gasteiger partial charge in [-0.3, -0.25) is 4.79 Å². The average Bonchev–Trinajstić information content (AvgIpc) is 2.63. The Morgan fingerprint density at radius 2 is 2.35 bits per heavy atom. The molecule has 1 atom stereocenters. The highest BCUT2D eigenvalue weighted by atomic mass is 19.1. The van der Waals surface area contributed by atoms with Crippen LogP contribution < -0.4 is 10.5 Å². The van der Waals surface area contributed by atoms with E-state index in [1.165, 1.54) is 18.2 Å². The molecule has 1 aliphatic heterocycles. The predicted molar refractivity (Wildman–Crippen MR) is 61.0 cm³/mol. The molecule has 1 amide bonds. The van der Waals surface area contributed by atoms with E-state index in [1.54, 1.807) is 11.9 Å². The molecule has 1 saturated heterocycles. The third-order valence-corrected chi connectivity index (χ3v) is 2.89. The maximum Gasteiger partial charge on any atom is 0.263 e. The Bertz CT molecular complexity index is 437. The van der Waals surface area contributed by atoms with Crippen LogP contribution in [0.3, 0.4) is 0 Å². The highest BCUT2D eigenvalue weighted by Crippen LogP contribution is 2.23. The van der Waals surface area contributed by atoms with Gasteiger partial charge in [-0.1, -0.05) is 0 Å². The van der Waals surface area contributed by atoms with Crippen molar-refractivity contribution in [3.63, 3.8) is 0 Å². The number of hydrogen-bond acceptors (Lipinski definition) is 3. The van der Waals surface area contributed by atoms with Crippen LogP contribution in [0.2, 0.25) is 0 Å². The number of benzene rings is 1. The molecule has 1 aliphatic rings. The Morgan fingerprint density at radius 3 is 2.94 bits per heavy atom. The summed E-state index contributed by atoms with van der Waals surface area (Å²) in [4.78, 5) is 13.3. The summed E-state index contributed by atoms with van der Waals surface area (Å²) < 4.78 is 18.6. The first kappa shape index (κ1) is 11.9. The lowest BCUT2D eigenvalue weighted by Gasteiger charge is -2.15. The van der Waals surface area contributed by atoms with Crippen LogP contribution in [-0.4, -0.2) is 30.5 Å². The van der Waals surface area contributed by atoms with Gasteiger partial charge in [0.2, 0.25) is 0 Å². The van der Waals surface area contributed by atoms with Gasteiger partial charge in [0.15, 0.2) is 6.10 Å². The van der Waals surface area contributed by atoms with Gasteiger partial charge in [-0.15, -0.1) is 0 Å². The summed E-state index contributed by atoms with van der Waals surface area (Å²) in [7, 11) is 1.74. The molecule has 0 bridgehead atoms. The minimum atomic E-state index is -0.476. The molecule has 1 unspecified atom stereocenters. The molecule has 4 nitrogen and oxygen atoms in total. The Hall–Kier alpha value is -1.62. The van der Waals surface area contributed by atoms with E-state index in [0.717, 1.165) is 0 Å². The molecular formula is C12H15FN2O2. The summed E-state index contributed by atoms with van der Waals surface area (Å²) in [5, 5.41) is 0. The molecule has 1 aromatic carbocycles. The van der Waals surface area contributed by atoms with Crippen LogP contribution in [-0.2, 0) is 11.3 Å². The lowest BCUT2D eigenvalue weighted by Crippen LogP contribution is -2.29. The van der Waals surface area contributed by atoms with Gasteiger partial charge in [-0.05, 0) is 18.2 Å². The van der Waals surface area contributed by atoms with Crippen molar-refractivity contribution in [2.75, 3.05) is 13.6 Å². The van der Waals surface area contributed by atoms with Gasteiger partial charge in [0.25, 0.3) is 5.91 Å². The van der Waals surface area contributed by atoms with Gasteiger partial charge in [-0.25, -0.2) is 4.39 Å². The molecule has 92 valence electrons. The van der Waals surface area contributed by atoms with E-state index >= 15 is 0 Å². The quantitative estimate of drug-likeness (QED) is 0.851. The van der Waals surface area contributed by atoms with Gasteiger partial charge in [0.1, 0.15) is 11.6 Å². The van der Waals surface area contributed by atoms with E-state index in [2.05, 4.69) is 0 Å². The van der Waals surface area contributed by atoms with Gasteiger partial charge < -0.3 is 15.4 Å². The highest BCUT2D eigenvalue weighted by Gasteiger charge is 2.31. The standard InChI is InChI=1S/C12H15FN2O2/c1-15-5-4-11(12(15)16)17-10-3-2-9(13)6-8(10)7-14/h2-3,6,11H,4-5,7,14H2,1H3. The van der Waals surface area contributed by atoms with Crippen molar-refractivity contribution in [3.05, 3.63) is 29.6 Å². The lowest BCUT2D eigenvalue weighted by molar-refractivity contribution is -0.132. The highest BCUT2D eigenvalue weighted by molar-refractivity contribution is 5.83. The van der Waals surface area contributed by atoms with Gasteiger partial charge >= 0.3 is 0 Å². The fraction of sp³-hybridized carbons (Fsp3) is 0.417. The molecule has 2 rings (SSSR count). The van der Waals surface area contributed by atoms with Crippen LogP contribution >= 0.6 is 0 Å². The topological polar surface area (TPSA) is 55.6 Å². The van der Waals surface area contributed by atoms with E-state index in [-0.39, 0.29) is 18.3 Å². The van der Waals surface area contributed by atoms with Crippen LogP contribution in [0.25, 0.3) is 0 Å². The van der Waals surface area contributed by atoms with E-state index in [1.807, 2.05) is 0 Å². The monoisotopic (exact) mass is 238 g/mol. The molecule has 0 radical (unpaired) electrons. The molecule has 17 heavy (non-hydrogen) atoms. The summed E-state index contributed by atoms with van der Waals surface area (Å²) in [6, 6.07) is 4.15. The second kappa shape index (κ2) is 4.71. The summed E-state index contributed by atoms with van der Waals surface area (Å²) >= 11 is 0. The number of likely N-dealkylation sites (tertiary alicyclic amines) is 1. The Balaban J connectivity index is 2.16. The summed E-state index contributed by atoms with van der Waals surface area (Å²) in [6.45, 7) is 0.868. The van der Waals surface area contributed by atoms with Crippen molar-refractivity contribution in [1.82, 2.24) is 4.90 Å². The number of nitrogens with two attached hydrogens (primary N) is 1. The van der Waals surface area contributed by atoms with Gasteiger partial charge in [0.05, 0.1) is 0 Å². The number of carbonyl (C=O) groups is 1. The second-order valence-electron chi connectivity index (χ2n) is 4.11. The Morgan fingerprint density at radius 1 is 1.59 bits per heavy atom. The van der Waals surface area contributed by atoms with Crippen molar-refractivity contribution in [3.8, 4) is 5.75 Å². The molecule has 1 aromatic rings. The number of hydrogen-bond donors (Lipinski definition) is 1. The summed E-state index contributed by atoms with van der Waals surface area (Å²) in [6.07, 6.45) is 0.173. The molecule has 0 aliphatic carbocycles. The first-order valence-electron chi connectivity index (χ1n) is 5.52. The smallest absolute Gasteiger partial charge is 0.263 e. The summed E-state index contributed by atoms with van der Waals surface area (Å²) in [5.74, 6) is 0.0903. The number of nitrogens with zero attached hydrogens (tertiary/aromatic N) is 1. The number of likely N-dealkylation sites (N-methyl/N-ethyl adjacent to an activating group) is 1. The fourth-order valence-electron chi connectivity index (χ4n) is 1.88. The number of ether oxygens (including phenoxy) is 1. The van der Waals surface area contributed by atoms with Crippen molar-refractivity contribution in [2.45, 2.75) is 19.1 Å². The normalized spacial score (nSPS) is 19.8. The zero-order valence-electron chi connectivity index (χ0n) is 9.65. The third-order valence-electron chi connectivity index (χ3n) is 2.89.